The lowest BCUT2D eigenvalue weighted by atomic mass is 9.42. The Hall–Kier alpha value is -2.17. The molecule has 4 fully saturated rings. The van der Waals surface area contributed by atoms with Crippen LogP contribution in [0, 0.1) is 17.8 Å². The lowest BCUT2D eigenvalue weighted by molar-refractivity contribution is -0.148. The van der Waals surface area contributed by atoms with Crippen LogP contribution in [0.3, 0.4) is 0 Å². The quantitative estimate of drug-likeness (QED) is 0.564. The molecule has 0 spiro atoms. The Labute approximate surface area is 211 Å². The number of fused-ring (bicyclic) bond motifs is 2. The van der Waals surface area contributed by atoms with Crippen molar-refractivity contribution in [2.75, 3.05) is 33.3 Å². The summed E-state index contributed by atoms with van der Waals surface area (Å²) in [6.07, 6.45) is 4.75. The molecule has 4 nitrogen and oxygen atoms in total. The molecule has 1 aliphatic heterocycles. The predicted octanol–water partition coefficient (Wildman–Crippen LogP) is 5.15. The van der Waals surface area contributed by atoms with Crippen molar-refractivity contribution < 1.29 is 9.53 Å². The van der Waals surface area contributed by atoms with E-state index < -0.39 is 0 Å². The first-order chi connectivity index (χ1) is 16.9. The Morgan fingerprint density at radius 2 is 1.63 bits per heavy atom. The normalized spacial score (nSPS) is 31.6. The number of hydrogen-bond donors (Lipinski definition) is 1. The summed E-state index contributed by atoms with van der Waals surface area (Å²) in [5.41, 5.74) is 4.74. The van der Waals surface area contributed by atoms with Crippen LogP contribution in [0.4, 0.5) is 0 Å². The van der Waals surface area contributed by atoms with Crippen molar-refractivity contribution in [2.24, 2.45) is 17.8 Å². The monoisotopic (exact) mass is 474 g/mol. The Bertz CT molecular complexity index is 1010. The first kappa shape index (κ1) is 24.5. The van der Waals surface area contributed by atoms with Crippen molar-refractivity contribution in [1.29, 1.82) is 0 Å². The average Bonchev–Trinajstić information content (AvgIpc) is 2.89. The van der Waals surface area contributed by atoms with Crippen LogP contribution in [0.1, 0.15) is 63.1 Å². The first-order valence-electron chi connectivity index (χ1n) is 13.6. The number of benzene rings is 2. The summed E-state index contributed by atoms with van der Waals surface area (Å²) in [6, 6.07) is 21.3. The van der Waals surface area contributed by atoms with E-state index in [1.165, 1.54) is 23.1 Å². The second-order valence-electron chi connectivity index (χ2n) is 11.5. The Morgan fingerprint density at radius 1 is 1.00 bits per heavy atom. The number of ether oxygens (including phenoxy) is 1. The van der Waals surface area contributed by atoms with Crippen LogP contribution in [-0.4, -0.2) is 50.2 Å². The fourth-order valence-corrected chi connectivity index (χ4v) is 7.88. The van der Waals surface area contributed by atoms with Gasteiger partial charge < -0.3 is 10.1 Å². The topological polar surface area (TPSA) is 41.6 Å². The van der Waals surface area contributed by atoms with Crippen LogP contribution in [-0.2, 0) is 20.4 Å². The molecule has 0 radical (unpaired) electrons. The molecule has 0 amide bonds. The molecular weight excluding hydrogens is 432 g/mol. The summed E-state index contributed by atoms with van der Waals surface area (Å²) in [5.74, 6) is 1.78. The molecule has 0 aromatic heterocycles. The number of hydrogen-bond acceptors (Lipinski definition) is 4. The highest BCUT2D eigenvalue weighted by Crippen LogP contribution is 2.63. The van der Waals surface area contributed by atoms with Crippen LogP contribution < -0.4 is 5.32 Å². The van der Waals surface area contributed by atoms with Gasteiger partial charge in [0.1, 0.15) is 0 Å². The molecule has 4 heteroatoms. The third-order valence-corrected chi connectivity index (χ3v) is 10.0. The third kappa shape index (κ3) is 4.13. The summed E-state index contributed by atoms with van der Waals surface area (Å²) >= 11 is 0. The van der Waals surface area contributed by atoms with Crippen LogP contribution in [0.25, 0.3) is 0 Å². The molecule has 4 aliphatic rings. The van der Waals surface area contributed by atoms with E-state index in [2.05, 4.69) is 85.7 Å². The largest absolute Gasteiger partial charge is 0.465 e. The Balaban J connectivity index is 1.36. The van der Waals surface area contributed by atoms with E-state index in [0.717, 1.165) is 32.4 Å². The van der Waals surface area contributed by atoms with Gasteiger partial charge in [0.05, 0.1) is 13.2 Å². The van der Waals surface area contributed by atoms with E-state index in [-0.39, 0.29) is 16.8 Å². The number of esters is 1. The maximum atomic E-state index is 12.1. The van der Waals surface area contributed by atoms with Gasteiger partial charge in [-0.1, -0.05) is 68.4 Å². The molecule has 1 heterocycles. The van der Waals surface area contributed by atoms with Crippen molar-refractivity contribution in [3.05, 3.63) is 71.3 Å². The van der Waals surface area contributed by atoms with E-state index in [1.807, 2.05) is 6.92 Å². The fourth-order valence-electron chi connectivity index (χ4n) is 7.88. The van der Waals surface area contributed by atoms with Crippen molar-refractivity contribution in [1.82, 2.24) is 10.2 Å². The molecule has 2 aromatic rings. The first-order valence-corrected chi connectivity index (χ1v) is 13.6. The highest BCUT2D eigenvalue weighted by molar-refractivity contribution is 5.71. The molecule has 1 saturated heterocycles. The zero-order valence-corrected chi connectivity index (χ0v) is 21.9. The van der Waals surface area contributed by atoms with Crippen LogP contribution in [0.15, 0.2) is 54.6 Å². The lowest BCUT2D eigenvalue weighted by Crippen LogP contribution is -2.63. The number of piperidine rings is 1. The second kappa shape index (κ2) is 9.71. The van der Waals surface area contributed by atoms with Gasteiger partial charge in [0, 0.05) is 11.5 Å². The van der Waals surface area contributed by atoms with Crippen molar-refractivity contribution in [2.45, 2.75) is 63.3 Å². The van der Waals surface area contributed by atoms with Gasteiger partial charge in [-0.25, -0.2) is 0 Å². The summed E-state index contributed by atoms with van der Waals surface area (Å²) in [7, 11) is 2.09. The number of carbonyl (C=O) groups is 1. The Kier molecular flexibility index (Phi) is 6.80. The molecule has 188 valence electrons. The van der Waals surface area contributed by atoms with Gasteiger partial charge in [-0.3, -0.25) is 9.69 Å². The minimum absolute atomic E-state index is 0.106. The molecule has 35 heavy (non-hydrogen) atoms. The van der Waals surface area contributed by atoms with E-state index >= 15 is 0 Å². The summed E-state index contributed by atoms with van der Waals surface area (Å²) in [6.45, 7) is 9.75. The van der Waals surface area contributed by atoms with Crippen molar-refractivity contribution in [3.8, 4) is 0 Å². The van der Waals surface area contributed by atoms with Gasteiger partial charge in [0.2, 0.25) is 0 Å². The summed E-state index contributed by atoms with van der Waals surface area (Å²) < 4.78 is 5.20. The SMILES string of the molecule is CCOC(=O)CN(C)C1CC2CC(C1C)C2(C)c1ccc(C2(c3ccccc3)CCNCC2)cc1. The second-order valence-corrected chi connectivity index (χ2v) is 11.5. The summed E-state index contributed by atoms with van der Waals surface area (Å²) in [5, 5.41) is 3.56. The molecule has 5 atom stereocenters. The number of nitrogens with one attached hydrogen (secondary N) is 1. The van der Waals surface area contributed by atoms with Crippen molar-refractivity contribution >= 4 is 5.97 Å². The number of carbonyl (C=O) groups excluding carboxylic acids is 1. The zero-order chi connectivity index (χ0) is 24.6. The van der Waals surface area contributed by atoms with Crippen LogP contribution >= 0.6 is 0 Å². The smallest absolute Gasteiger partial charge is 0.320 e. The molecule has 5 unspecified atom stereocenters. The number of likely N-dealkylation sites (N-methyl/N-ethyl adjacent to an activating group) is 1. The highest BCUT2D eigenvalue weighted by Gasteiger charge is 2.60. The van der Waals surface area contributed by atoms with Crippen molar-refractivity contribution in [3.63, 3.8) is 0 Å². The molecule has 6 rings (SSSR count). The molecule has 3 aliphatic carbocycles. The van der Waals surface area contributed by atoms with E-state index in [0.29, 0.717) is 36.9 Å². The zero-order valence-electron chi connectivity index (χ0n) is 21.9. The fraction of sp³-hybridized carbons (Fsp3) is 0.581. The third-order valence-electron chi connectivity index (χ3n) is 10.0. The molecular formula is C31H42N2O2. The van der Waals surface area contributed by atoms with Gasteiger partial charge in [-0.2, -0.15) is 0 Å². The van der Waals surface area contributed by atoms with E-state index in [4.69, 9.17) is 4.74 Å². The van der Waals surface area contributed by atoms with Crippen LogP contribution in [0.2, 0.25) is 0 Å². The molecule has 2 bridgehead atoms. The predicted molar refractivity (Wildman–Crippen MR) is 142 cm³/mol. The standard InChI is InChI=1S/C31H42N2O2/c1-5-35-29(34)21-33(4)28-20-26-19-27(22(28)2)30(26,3)23-11-13-25(14-12-23)31(15-17-32-18-16-31)24-9-7-6-8-10-24/h6-14,22,26-28,32H,5,15-21H2,1-4H3. The van der Waals surface area contributed by atoms with Gasteiger partial charge in [0.15, 0.2) is 0 Å². The number of rotatable bonds is 7. The number of nitrogens with zero attached hydrogens (tertiary/aromatic N) is 1. The maximum absolute atomic E-state index is 12.1. The van der Waals surface area contributed by atoms with E-state index in [9.17, 15) is 4.79 Å². The Morgan fingerprint density at radius 3 is 2.26 bits per heavy atom. The van der Waals surface area contributed by atoms with Gasteiger partial charge >= 0.3 is 5.97 Å². The van der Waals surface area contributed by atoms with Gasteiger partial charge in [0.25, 0.3) is 0 Å². The molecule has 2 aromatic carbocycles. The van der Waals surface area contributed by atoms with Gasteiger partial charge in [-0.05, 0) is 92.6 Å². The minimum Gasteiger partial charge on any atom is -0.465 e. The van der Waals surface area contributed by atoms with E-state index in [1.54, 1.807) is 0 Å². The minimum atomic E-state index is -0.106. The van der Waals surface area contributed by atoms with Gasteiger partial charge in [-0.15, -0.1) is 0 Å². The lowest BCUT2D eigenvalue weighted by Gasteiger charge is -2.64. The van der Waals surface area contributed by atoms with Crippen LogP contribution in [0.5, 0.6) is 0 Å². The summed E-state index contributed by atoms with van der Waals surface area (Å²) in [4.78, 5) is 14.3. The molecule has 3 saturated carbocycles. The average molecular weight is 475 g/mol. The maximum Gasteiger partial charge on any atom is 0.320 e. The molecule has 1 N–H and O–H groups in total. The highest BCUT2D eigenvalue weighted by atomic mass is 16.5.